The molecule has 1 heterocycles. The fourth-order valence-electron chi connectivity index (χ4n) is 2.78. The van der Waals surface area contributed by atoms with E-state index in [1.54, 1.807) is 12.1 Å². The molecule has 0 bridgehead atoms. The zero-order valence-electron chi connectivity index (χ0n) is 14.9. The summed E-state index contributed by atoms with van der Waals surface area (Å²) in [5.41, 5.74) is 0.921. The molecule has 7 nitrogen and oxygen atoms in total. The Hall–Kier alpha value is -1.86. The lowest BCUT2D eigenvalue weighted by molar-refractivity contribution is -0.384. The summed E-state index contributed by atoms with van der Waals surface area (Å²) in [7, 11) is 1.82. The standard InChI is InChI=1S/C17H26N4O3.ClH/c1-12-6-8-20(9-7-12)15-5-4-14(10-16(15)21(23)24)17(22)19-11-13(2)18-3;/h4-5,10,12-13,18H,6-9,11H2,1-3H3,(H,19,22);1H. The molecule has 0 aromatic heterocycles. The first-order valence-corrected chi connectivity index (χ1v) is 8.41. The molecule has 1 aromatic carbocycles. The molecule has 0 radical (unpaired) electrons. The summed E-state index contributed by atoms with van der Waals surface area (Å²) in [6.45, 7) is 6.24. The van der Waals surface area contributed by atoms with Crippen LogP contribution in [-0.2, 0) is 0 Å². The van der Waals surface area contributed by atoms with E-state index in [4.69, 9.17) is 0 Å². The van der Waals surface area contributed by atoms with Crippen LogP contribution in [-0.4, -0.2) is 43.6 Å². The van der Waals surface area contributed by atoms with Crippen molar-refractivity contribution in [2.45, 2.75) is 32.7 Å². The van der Waals surface area contributed by atoms with Crippen LogP contribution >= 0.6 is 12.4 Å². The van der Waals surface area contributed by atoms with E-state index in [-0.39, 0.29) is 30.0 Å². The first kappa shape index (κ1) is 21.2. The van der Waals surface area contributed by atoms with Crippen molar-refractivity contribution in [3.8, 4) is 0 Å². The fraction of sp³-hybridized carbons (Fsp3) is 0.588. The molecule has 2 rings (SSSR count). The first-order valence-electron chi connectivity index (χ1n) is 8.41. The number of carbonyl (C=O) groups is 1. The molecule has 8 heteroatoms. The van der Waals surface area contributed by atoms with Gasteiger partial charge in [0, 0.05) is 37.3 Å². The Morgan fingerprint density at radius 3 is 2.60 bits per heavy atom. The smallest absolute Gasteiger partial charge is 0.293 e. The molecule has 1 saturated heterocycles. The van der Waals surface area contributed by atoms with E-state index in [1.807, 2.05) is 18.9 Å². The minimum Gasteiger partial charge on any atom is -0.366 e. The van der Waals surface area contributed by atoms with Gasteiger partial charge in [-0.25, -0.2) is 0 Å². The Bertz CT molecular complexity index is 604. The molecule has 1 fully saturated rings. The van der Waals surface area contributed by atoms with Crippen molar-refractivity contribution < 1.29 is 9.72 Å². The molecule has 2 N–H and O–H groups in total. The Kier molecular flexibility index (Phi) is 8.12. The number of piperidine rings is 1. The lowest BCUT2D eigenvalue weighted by atomic mass is 9.98. The SMILES string of the molecule is CNC(C)CNC(=O)c1ccc(N2CCC(C)CC2)c([N+](=O)[O-])c1.Cl. The molecule has 0 saturated carbocycles. The molecule has 1 unspecified atom stereocenters. The number of nitro groups is 1. The van der Waals surface area contributed by atoms with E-state index in [1.165, 1.54) is 6.07 Å². The Morgan fingerprint density at radius 1 is 1.40 bits per heavy atom. The predicted octanol–water partition coefficient (Wildman–Crippen LogP) is 2.59. The zero-order valence-corrected chi connectivity index (χ0v) is 15.8. The molecule has 1 aliphatic heterocycles. The van der Waals surface area contributed by atoms with Crippen molar-refractivity contribution in [3.63, 3.8) is 0 Å². The van der Waals surface area contributed by atoms with Gasteiger partial charge < -0.3 is 15.5 Å². The number of amides is 1. The summed E-state index contributed by atoms with van der Waals surface area (Å²) in [5, 5.41) is 17.3. The minimum absolute atomic E-state index is 0. The summed E-state index contributed by atoms with van der Waals surface area (Å²) in [6.07, 6.45) is 2.06. The molecule has 1 amide bonds. The number of rotatable bonds is 6. The van der Waals surface area contributed by atoms with Crippen LogP contribution in [0.5, 0.6) is 0 Å². The van der Waals surface area contributed by atoms with E-state index in [0.29, 0.717) is 23.7 Å². The quantitative estimate of drug-likeness (QED) is 0.593. The Labute approximate surface area is 154 Å². The number of halogens is 1. The van der Waals surface area contributed by atoms with E-state index < -0.39 is 4.92 Å². The van der Waals surface area contributed by atoms with Crippen molar-refractivity contribution in [1.82, 2.24) is 10.6 Å². The highest BCUT2D eigenvalue weighted by molar-refractivity contribution is 5.95. The molecule has 0 spiro atoms. The third-order valence-corrected chi connectivity index (χ3v) is 4.62. The molecule has 25 heavy (non-hydrogen) atoms. The lowest BCUT2D eigenvalue weighted by Gasteiger charge is -2.31. The van der Waals surface area contributed by atoms with Crippen molar-refractivity contribution in [3.05, 3.63) is 33.9 Å². The largest absolute Gasteiger partial charge is 0.366 e. The van der Waals surface area contributed by atoms with Crippen LogP contribution in [0.2, 0.25) is 0 Å². The van der Waals surface area contributed by atoms with Gasteiger partial charge in [0.15, 0.2) is 0 Å². The molecular weight excluding hydrogens is 344 g/mol. The highest BCUT2D eigenvalue weighted by Crippen LogP contribution is 2.32. The van der Waals surface area contributed by atoms with Crippen LogP contribution < -0.4 is 15.5 Å². The normalized spacial score (nSPS) is 16.0. The van der Waals surface area contributed by atoms with E-state index in [2.05, 4.69) is 17.6 Å². The number of hydrogen-bond donors (Lipinski definition) is 2. The fourth-order valence-corrected chi connectivity index (χ4v) is 2.78. The first-order chi connectivity index (χ1) is 11.4. The number of nitro benzene ring substituents is 1. The van der Waals surface area contributed by atoms with Crippen LogP contribution in [0.3, 0.4) is 0 Å². The van der Waals surface area contributed by atoms with Crippen LogP contribution in [0.1, 0.15) is 37.0 Å². The van der Waals surface area contributed by atoms with Gasteiger partial charge in [-0.05, 0) is 44.9 Å². The average molecular weight is 371 g/mol. The summed E-state index contributed by atoms with van der Waals surface area (Å²) in [4.78, 5) is 25.3. The van der Waals surface area contributed by atoms with Crippen LogP contribution in [0.15, 0.2) is 18.2 Å². The van der Waals surface area contributed by atoms with Crippen LogP contribution in [0.25, 0.3) is 0 Å². The Balaban J connectivity index is 0.00000312. The summed E-state index contributed by atoms with van der Waals surface area (Å²) in [6, 6.07) is 4.88. The lowest BCUT2D eigenvalue weighted by Crippen LogP contribution is -2.37. The van der Waals surface area contributed by atoms with E-state index in [9.17, 15) is 14.9 Å². The number of benzene rings is 1. The molecular formula is C17H27ClN4O3. The molecule has 1 aliphatic rings. The summed E-state index contributed by atoms with van der Waals surface area (Å²) >= 11 is 0. The number of hydrogen-bond acceptors (Lipinski definition) is 5. The van der Waals surface area contributed by atoms with Gasteiger partial charge in [-0.2, -0.15) is 0 Å². The number of nitrogens with zero attached hydrogens (tertiary/aromatic N) is 2. The number of carbonyl (C=O) groups excluding carboxylic acids is 1. The molecule has 0 aliphatic carbocycles. The second-order valence-electron chi connectivity index (χ2n) is 6.53. The van der Waals surface area contributed by atoms with Gasteiger partial charge >= 0.3 is 0 Å². The van der Waals surface area contributed by atoms with Gasteiger partial charge in [0.2, 0.25) is 0 Å². The van der Waals surface area contributed by atoms with Crippen LogP contribution in [0, 0.1) is 16.0 Å². The van der Waals surface area contributed by atoms with E-state index >= 15 is 0 Å². The molecule has 140 valence electrons. The topological polar surface area (TPSA) is 87.5 Å². The molecule has 1 aromatic rings. The van der Waals surface area contributed by atoms with Gasteiger partial charge in [-0.1, -0.05) is 6.92 Å². The number of likely N-dealkylation sites (N-methyl/N-ethyl adjacent to an activating group) is 1. The molecule has 1 atom stereocenters. The van der Waals surface area contributed by atoms with Crippen LogP contribution in [0.4, 0.5) is 11.4 Å². The van der Waals surface area contributed by atoms with Gasteiger partial charge in [0.25, 0.3) is 11.6 Å². The third kappa shape index (κ3) is 5.57. The average Bonchev–Trinajstić information content (AvgIpc) is 2.59. The summed E-state index contributed by atoms with van der Waals surface area (Å²) < 4.78 is 0. The third-order valence-electron chi connectivity index (χ3n) is 4.62. The minimum atomic E-state index is -0.402. The van der Waals surface area contributed by atoms with Crippen molar-refractivity contribution in [2.24, 2.45) is 5.92 Å². The highest BCUT2D eigenvalue weighted by Gasteiger charge is 2.24. The highest BCUT2D eigenvalue weighted by atomic mass is 35.5. The zero-order chi connectivity index (χ0) is 17.7. The number of anilines is 1. The van der Waals surface area contributed by atoms with Gasteiger partial charge in [0.05, 0.1) is 4.92 Å². The van der Waals surface area contributed by atoms with Crippen molar-refractivity contribution in [2.75, 3.05) is 31.6 Å². The second-order valence-corrected chi connectivity index (χ2v) is 6.53. The summed E-state index contributed by atoms with van der Waals surface area (Å²) in [5.74, 6) is 0.360. The maximum absolute atomic E-state index is 12.2. The second kappa shape index (κ2) is 9.58. The van der Waals surface area contributed by atoms with Crippen molar-refractivity contribution in [1.29, 1.82) is 0 Å². The van der Waals surface area contributed by atoms with Gasteiger partial charge in [0.1, 0.15) is 5.69 Å². The predicted molar refractivity (Wildman–Crippen MR) is 102 cm³/mol. The van der Waals surface area contributed by atoms with Gasteiger partial charge in [-0.3, -0.25) is 14.9 Å². The Morgan fingerprint density at radius 2 is 2.04 bits per heavy atom. The monoisotopic (exact) mass is 370 g/mol. The maximum atomic E-state index is 12.2. The van der Waals surface area contributed by atoms with Gasteiger partial charge in [-0.15, -0.1) is 12.4 Å². The number of nitrogens with one attached hydrogen (secondary N) is 2. The maximum Gasteiger partial charge on any atom is 0.293 e. The van der Waals surface area contributed by atoms with Crippen molar-refractivity contribution >= 4 is 29.7 Å². The van der Waals surface area contributed by atoms with E-state index in [0.717, 1.165) is 25.9 Å².